The average Bonchev–Trinajstić information content (AvgIpc) is 3.22. The van der Waals surface area contributed by atoms with E-state index in [-0.39, 0.29) is 17.9 Å². The van der Waals surface area contributed by atoms with E-state index in [0.717, 1.165) is 49.4 Å². The topological polar surface area (TPSA) is 35.6 Å². The number of likely N-dealkylation sites (tertiary alicyclic amines) is 1. The van der Waals surface area contributed by atoms with Crippen molar-refractivity contribution in [3.05, 3.63) is 96.3 Å². The first-order chi connectivity index (χ1) is 14.7. The second kappa shape index (κ2) is 9.55. The van der Waals surface area contributed by atoms with Crippen LogP contribution in [0, 0.1) is 5.82 Å². The van der Waals surface area contributed by atoms with E-state index in [1.807, 2.05) is 72.8 Å². The van der Waals surface area contributed by atoms with E-state index in [2.05, 4.69) is 10.2 Å². The van der Waals surface area contributed by atoms with Gasteiger partial charge in [-0.25, -0.2) is 9.18 Å². The maximum absolute atomic E-state index is 13.2. The largest absolute Gasteiger partial charge is 0.333 e. The lowest BCUT2D eigenvalue weighted by atomic mass is 10.1. The van der Waals surface area contributed by atoms with Crippen LogP contribution in [0.4, 0.5) is 20.6 Å². The summed E-state index contributed by atoms with van der Waals surface area (Å²) >= 11 is 0. The first kappa shape index (κ1) is 20.1. The highest BCUT2D eigenvalue weighted by atomic mass is 19.1. The van der Waals surface area contributed by atoms with Crippen molar-refractivity contribution in [2.75, 3.05) is 24.5 Å². The Morgan fingerprint density at radius 2 is 1.53 bits per heavy atom. The van der Waals surface area contributed by atoms with Gasteiger partial charge in [0.2, 0.25) is 0 Å². The molecule has 30 heavy (non-hydrogen) atoms. The van der Waals surface area contributed by atoms with Crippen LogP contribution < -0.4 is 10.2 Å². The molecule has 4 nitrogen and oxygen atoms in total. The van der Waals surface area contributed by atoms with Crippen LogP contribution in [0.3, 0.4) is 0 Å². The molecule has 0 spiro atoms. The number of para-hydroxylation sites is 2. The summed E-state index contributed by atoms with van der Waals surface area (Å²) < 4.78 is 13.1. The third-order valence-electron chi connectivity index (χ3n) is 5.46. The predicted octanol–water partition coefficient (Wildman–Crippen LogP) is 4.99. The number of nitrogens with zero attached hydrogens (tertiary/aromatic N) is 2. The maximum atomic E-state index is 13.2. The maximum Gasteiger partial charge on any atom is 0.326 e. The molecule has 0 saturated carbocycles. The number of hydrogen-bond donors (Lipinski definition) is 1. The number of rotatable bonds is 6. The zero-order valence-electron chi connectivity index (χ0n) is 16.9. The molecule has 2 amide bonds. The Morgan fingerprint density at radius 3 is 2.13 bits per heavy atom. The molecule has 4 rings (SSSR count). The van der Waals surface area contributed by atoms with E-state index in [1.165, 1.54) is 12.1 Å². The van der Waals surface area contributed by atoms with Gasteiger partial charge in [0.25, 0.3) is 0 Å². The predicted molar refractivity (Wildman–Crippen MR) is 119 cm³/mol. The van der Waals surface area contributed by atoms with Crippen molar-refractivity contribution in [3.8, 4) is 0 Å². The molecule has 1 N–H and O–H groups in total. The summed E-state index contributed by atoms with van der Waals surface area (Å²) in [4.78, 5) is 17.3. The number of halogens is 1. The van der Waals surface area contributed by atoms with E-state index in [1.54, 1.807) is 4.90 Å². The van der Waals surface area contributed by atoms with E-state index in [0.29, 0.717) is 0 Å². The Kier molecular flexibility index (Phi) is 6.40. The number of nitrogens with one attached hydrogen (secondary N) is 1. The Balaban J connectivity index is 1.37. The zero-order chi connectivity index (χ0) is 20.8. The minimum Gasteiger partial charge on any atom is -0.333 e. The van der Waals surface area contributed by atoms with Crippen LogP contribution >= 0.6 is 0 Å². The number of urea groups is 1. The SMILES string of the molecule is O=C(NC1CCN(CCc2ccc(F)cc2)C1)N(c1ccccc1)c1ccccc1. The Labute approximate surface area is 176 Å². The quantitative estimate of drug-likeness (QED) is 0.629. The molecule has 1 aliphatic heterocycles. The summed E-state index contributed by atoms with van der Waals surface area (Å²) in [7, 11) is 0. The molecule has 0 radical (unpaired) electrons. The summed E-state index contributed by atoms with van der Waals surface area (Å²) in [6, 6.07) is 26.1. The van der Waals surface area contributed by atoms with E-state index in [4.69, 9.17) is 0 Å². The van der Waals surface area contributed by atoms with Crippen LogP contribution in [0.2, 0.25) is 0 Å². The van der Waals surface area contributed by atoms with Gasteiger partial charge in [-0.2, -0.15) is 0 Å². The minimum absolute atomic E-state index is 0.112. The van der Waals surface area contributed by atoms with Crippen molar-refractivity contribution in [3.63, 3.8) is 0 Å². The molecule has 154 valence electrons. The van der Waals surface area contributed by atoms with Crippen LogP contribution in [0.1, 0.15) is 12.0 Å². The number of carbonyl (C=O) groups excluding carboxylic acids is 1. The monoisotopic (exact) mass is 403 g/mol. The number of amides is 2. The fourth-order valence-corrected chi connectivity index (χ4v) is 3.87. The Morgan fingerprint density at radius 1 is 0.933 bits per heavy atom. The summed E-state index contributed by atoms with van der Waals surface area (Å²) in [5, 5.41) is 3.21. The van der Waals surface area contributed by atoms with Gasteiger partial charge >= 0.3 is 6.03 Å². The van der Waals surface area contributed by atoms with Crippen LogP contribution in [0.15, 0.2) is 84.9 Å². The molecule has 0 bridgehead atoms. The van der Waals surface area contributed by atoms with Gasteiger partial charge < -0.3 is 10.2 Å². The molecule has 3 aromatic rings. The van der Waals surface area contributed by atoms with Gasteiger partial charge in [-0.3, -0.25) is 4.90 Å². The van der Waals surface area contributed by atoms with E-state index in [9.17, 15) is 9.18 Å². The number of benzene rings is 3. The Bertz CT molecular complexity index is 908. The van der Waals surface area contributed by atoms with Crippen LogP contribution in [-0.4, -0.2) is 36.6 Å². The number of anilines is 2. The van der Waals surface area contributed by atoms with Crippen molar-refractivity contribution in [1.29, 1.82) is 0 Å². The molecule has 1 aliphatic rings. The van der Waals surface area contributed by atoms with Crippen LogP contribution in [0.5, 0.6) is 0 Å². The van der Waals surface area contributed by atoms with E-state index < -0.39 is 0 Å². The molecule has 0 aliphatic carbocycles. The molecule has 1 atom stereocenters. The van der Waals surface area contributed by atoms with Gasteiger partial charge in [-0.1, -0.05) is 48.5 Å². The minimum atomic E-state index is -0.205. The first-order valence-electron chi connectivity index (χ1n) is 10.4. The highest BCUT2D eigenvalue weighted by molar-refractivity contribution is 5.99. The van der Waals surface area contributed by atoms with Gasteiger partial charge in [-0.15, -0.1) is 0 Å². The van der Waals surface area contributed by atoms with Crippen molar-refractivity contribution >= 4 is 17.4 Å². The molecule has 1 unspecified atom stereocenters. The summed E-state index contributed by atoms with van der Waals surface area (Å²) in [5.41, 5.74) is 2.81. The smallest absolute Gasteiger partial charge is 0.326 e. The average molecular weight is 404 g/mol. The van der Waals surface area contributed by atoms with Crippen LogP contribution in [0.25, 0.3) is 0 Å². The molecular weight excluding hydrogens is 377 g/mol. The van der Waals surface area contributed by atoms with Crippen molar-refractivity contribution < 1.29 is 9.18 Å². The van der Waals surface area contributed by atoms with Gasteiger partial charge in [0, 0.05) is 25.7 Å². The molecule has 1 fully saturated rings. The zero-order valence-corrected chi connectivity index (χ0v) is 16.9. The number of carbonyl (C=O) groups is 1. The lowest BCUT2D eigenvalue weighted by molar-refractivity contribution is 0.244. The summed E-state index contributed by atoms with van der Waals surface area (Å²) in [6.07, 6.45) is 1.80. The lowest BCUT2D eigenvalue weighted by Crippen LogP contribution is -2.44. The number of hydrogen-bond acceptors (Lipinski definition) is 2. The fourth-order valence-electron chi connectivity index (χ4n) is 3.87. The third kappa shape index (κ3) is 5.05. The molecule has 1 heterocycles. The van der Waals surface area contributed by atoms with Crippen molar-refractivity contribution in [2.45, 2.75) is 18.9 Å². The van der Waals surface area contributed by atoms with Crippen molar-refractivity contribution in [1.82, 2.24) is 10.2 Å². The van der Waals surface area contributed by atoms with Gasteiger partial charge in [0.05, 0.1) is 11.4 Å². The lowest BCUT2D eigenvalue weighted by Gasteiger charge is -2.25. The van der Waals surface area contributed by atoms with Crippen molar-refractivity contribution in [2.24, 2.45) is 0 Å². The van der Waals surface area contributed by atoms with E-state index >= 15 is 0 Å². The summed E-state index contributed by atoms with van der Waals surface area (Å²) in [6.45, 7) is 2.67. The standard InChI is InChI=1S/C25H26FN3O/c26-21-13-11-20(12-14-21)15-17-28-18-16-22(19-28)27-25(30)29(23-7-3-1-4-8-23)24-9-5-2-6-10-24/h1-14,22H,15-19H2,(H,27,30). The third-order valence-corrected chi connectivity index (χ3v) is 5.46. The fraction of sp³-hybridized carbons (Fsp3) is 0.240. The van der Waals surface area contributed by atoms with Gasteiger partial charge in [0.1, 0.15) is 5.82 Å². The normalized spacial score (nSPS) is 16.4. The highest BCUT2D eigenvalue weighted by Gasteiger charge is 2.26. The summed E-state index contributed by atoms with van der Waals surface area (Å²) in [5.74, 6) is -0.205. The second-order valence-electron chi connectivity index (χ2n) is 7.62. The van der Waals surface area contributed by atoms with Crippen LogP contribution in [-0.2, 0) is 6.42 Å². The highest BCUT2D eigenvalue weighted by Crippen LogP contribution is 2.25. The molecule has 0 aromatic heterocycles. The first-order valence-corrected chi connectivity index (χ1v) is 10.4. The molecule has 1 saturated heterocycles. The molecule has 3 aromatic carbocycles. The second-order valence-corrected chi connectivity index (χ2v) is 7.62. The molecule has 5 heteroatoms. The Hall–Kier alpha value is -3.18. The van der Waals surface area contributed by atoms with Gasteiger partial charge in [-0.05, 0) is 54.8 Å². The van der Waals surface area contributed by atoms with Gasteiger partial charge in [0.15, 0.2) is 0 Å². The molecular formula is C25H26FN3O.